The number of nitrogens with two attached hydrogens (primary N) is 1. The SMILES string of the molecule is CS(=O)(=O)NCCn1cc2c(N)nc3cc(-c4ccn[nH]4)ccc3c2n1. The highest BCUT2D eigenvalue weighted by molar-refractivity contribution is 7.88. The number of hydrogen-bond acceptors (Lipinski definition) is 6. The minimum Gasteiger partial charge on any atom is -0.383 e. The number of nitrogen functional groups attached to an aromatic ring is 1. The van der Waals surface area contributed by atoms with Crippen molar-refractivity contribution in [3.05, 3.63) is 36.7 Å². The lowest BCUT2D eigenvalue weighted by atomic mass is 10.1. The molecule has 0 bridgehead atoms. The second-order valence-electron chi connectivity index (χ2n) is 6.02. The number of H-pyrrole nitrogens is 1. The average Bonchev–Trinajstić information content (AvgIpc) is 3.23. The first-order valence-corrected chi connectivity index (χ1v) is 9.81. The van der Waals surface area contributed by atoms with Crippen molar-refractivity contribution in [2.75, 3.05) is 18.5 Å². The number of nitrogens with zero attached hydrogens (tertiary/aromatic N) is 4. The fraction of sp³-hybridized carbons (Fsp3) is 0.188. The Bertz CT molecular complexity index is 1200. The minimum atomic E-state index is -3.23. The fourth-order valence-electron chi connectivity index (χ4n) is 2.87. The summed E-state index contributed by atoms with van der Waals surface area (Å²) in [5.41, 5.74) is 9.43. The number of pyridine rings is 1. The Morgan fingerprint density at radius 3 is 2.85 bits per heavy atom. The van der Waals surface area contributed by atoms with Crippen LogP contribution in [0.15, 0.2) is 36.7 Å². The Hall–Kier alpha value is -2.98. The summed E-state index contributed by atoms with van der Waals surface area (Å²) < 4.78 is 26.5. The van der Waals surface area contributed by atoms with Crippen molar-refractivity contribution in [2.24, 2.45) is 0 Å². The summed E-state index contributed by atoms with van der Waals surface area (Å²) >= 11 is 0. The summed E-state index contributed by atoms with van der Waals surface area (Å²) in [7, 11) is -3.23. The summed E-state index contributed by atoms with van der Waals surface area (Å²) in [4.78, 5) is 4.49. The van der Waals surface area contributed by atoms with Crippen LogP contribution in [-0.2, 0) is 16.6 Å². The molecule has 0 spiro atoms. The van der Waals surface area contributed by atoms with Crippen molar-refractivity contribution in [3.8, 4) is 11.3 Å². The lowest BCUT2D eigenvalue weighted by Crippen LogP contribution is -2.26. The molecule has 26 heavy (non-hydrogen) atoms. The van der Waals surface area contributed by atoms with E-state index in [1.807, 2.05) is 24.3 Å². The molecule has 4 N–H and O–H groups in total. The van der Waals surface area contributed by atoms with E-state index in [0.29, 0.717) is 12.4 Å². The van der Waals surface area contributed by atoms with Crippen molar-refractivity contribution in [1.82, 2.24) is 29.7 Å². The topological polar surface area (TPSA) is 132 Å². The van der Waals surface area contributed by atoms with Gasteiger partial charge in [0.15, 0.2) is 0 Å². The molecule has 4 aromatic rings. The first-order valence-electron chi connectivity index (χ1n) is 7.91. The van der Waals surface area contributed by atoms with E-state index in [2.05, 4.69) is 25.0 Å². The third-order valence-electron chi connectivity index (χ3n) is 4.05. The van der Waals surface area contributed by atoms with E-state index in [0.717, 1.165) is 39.3 Å². The minimum absolute atomic E-state index is 0.252. The van der Waals surface area contributed by atoms with Crippen molar-refractivity contribution in [2.45, 2.75) is 6.54 Å². The Morgan fingerprint density at radius 1 is 1.27 bits per heavy atom. The van der Waals surface area contributed by atoms with E-state index in [1.54, 1.807) is 17.1 Å². The van der Waals surface area contributed by atoms with Gasteiger partial charge in [-0.2, -0.15) is 10.2 Å². The van der Waals surface area contributed by atoms with Crippen LogP contribution in [0.5, 0.6) is 0 Å². The summed E-state index contributed by atoms with van der Waals surface area (Å²) in [6, 6.07) is 7.74. The van der Waals surface area contributed by atoms with Gasteiger partial charge >= 0.3 is 0 Å². The maximum absolute atomic E-state index is 11.2. The molecule has 0 aliphatic heterocycles. The summed E-state index contributed by atoms with van der Waals surface area (Å²) in [5, 5.41) is 13.1. The highest BCUT2D eigenvalue weighted by Crippen LogP contribution is 2.29. The van der Waals surface area contributed by atoms with Gasteiger partial charge in [-0.25, -0.2) is 18.1 Å². The van der Waals surface area contributed by atoms with Crippen molar-refractivity contribution in [1.29, 1.82) is 0 Å². The zero-order valence-electron chi connectivity index (χ0n) is 14.0. The maximum atomic E-state index is 11.2. The van der Waals surface area contributed by atoms with Gasteiger partial charge in [0.1, 0.15) is 11.3 Å². The molecule has 3 aromatic heterocycles. The molecule has 0 atom stereocenters. The van der Waals surface area contributed by atoms with Gasteiger partial charge in [-0.05, 0) is 18.2 Å². The number of hydrogen-bond donors (Lipinski definition) is 3. The summed E-state index contributed by atoms with van der Waals surface area (Å²) in [6.07, 6.45) is 4.60. The second-order valence-corrected chi connectivity index (χ2v) is 7.85. The van der Waals surface area contributed by atoms with Crippen LogP contribution in [0.2, 0.25) is 0 Å². The van der Waals surface area contributed by atoms with Gasteiger partial charge in [0.05, 0.1) is 29.4 Å². The van der Waals surface area contributed by atoms with E-state index in [4.69, 9.17) is 5.73 Å². The smallest absolute Gasteiger partial charge is 0.208 e. The predicted molar refractivity (Wildman–Crippen MR) is 99.9 cm³/mol. The van der Waals surface area contributed by atoms with E-state index in [-0.39, 0.29) is 6.54 Å². The van der Waals surface area contributed by atoms with Crippen LogP contribution in [-0.4, -0.2) is 46.2 Å². The van der Waals surface area contributed by atoms with Gasteiger partial charge < -0.3 is 5.73 Å². The number of aromatic amines is 1. The number of sulfonamides is 1. The van der Waals surface area contributed by atoms with Gasteiger partial charge in [-0.1, -0.05) is 6.07 Å². The Balaban J connectivity index is 1.74. The van der Waals surface area contributed by atoms with E-state index >= 15 is 0 Å². The Labute approximate surface area is 149 Å². The Kier molecular flexibility index (Phi) is 3.85. The van der Waals surface area contributed by atoms with Gasteiger partial charge in [-0.3, -0.25) is 9.78 Å². The monoisotopic (exact) mass is 371 g/mol. The van der Waals surface area contributed by atoms with Gasteiger partial charge in [0.25, 0.3) is 0 Å². The molecule has 4 rings (SSSR count). The molecule has 0 saturated heterocycles. The molecule has 0 unspecified atom stereocenters. The molecule has 0 aliphatic rings. The molecule has 0 fully saturated rings. The van der Waals surface area contributed by atoms with E-state index < -0.39 is 10.0 Å². The zero-order chi connectivity index (χ0) is 18.3. The van der Waals surface area contributed by atoms with Crippen molar-refractivity contribution >= 4 is 37.6 Å². The number of anilines is 1. The summed E-state index contributed by atoms with van der Waals surface area (Å²) in [5.74, 6) is 0.386. The molecule has 9 nitrogen and oxygen atoms in total. The molecule has 0 amide bonds. The third-order valence-corrected chi connectivity index (χ3v) is 4.78. The highest BCUT2D eigenvalue weighted by atomic mass is 32.2. The number of nitrogens with one attached hydrogen (secondary N) is 2. The van der Waals surface area contributed by atoms with Crippen LogP contribution in [0.4, 0.5) is 5.82 Å². The molecular formula is C16H17N7O2S. The molecule has 0 saturated carbocycles. The maximum Gasteiger partial charge on any atom is 0.208 e. The zero-order valence-corrected chi connectivity index (χ0v) is 14.8. The number of aromatic nitrogens is 5. The predicted octanol–water partition coefficient (Wildman–Crippen LogP) is 1.11. The number of fused-ring (bicyclic) bond motifs is 3. The normalized spacial score (nSPS) is 12.2. The molecule has 0 radical (unpaired) electrons. The van der Waals surface area contributed by atoms with E-state index in [9.17, 15) is 8.42 Å². The molecule has 1 aromatic carbocycles. The lowest BCUT2D eigenvalue weighted by molar-refractivity contribution is 0.567. The largest absolute Gasteiger partial charge is 0.383 e. The number of benzene rings is 1. The quantitative estimate of drug-likeness (QED) is 0.481. The number of rotatable bonds is 5. The standard InChI is InChI=1S/C16H17N7O2S/c1-26(24,25)19-6-7-23-9-12-15(22-23)11-3-2-10(13-4-5-18-21-13)8-14(11)20-16(12)17/h2-5,8-9,19H,6-7H2,1H3,(H2,17,20)(H,18,21). The van der Waals surface area contributed by atoms with Crippen LogP contribution in [0.1, 0.15) is 0 Å². The average molecular weight is 371 g/mol. The van der Waals surface area contributed by atoms with Gasteiger partial charge in [0, 0.05) is 29.9 Å². The molecule has 0 aliphatic carbocycles. The summed E-state index contributed by atoms with van der Waals surface area (Å²) in [6.45, 7) is 0.650. The van der Waals surface area contributed by atoms with Crippen molar-refractivity contribution < 1.29 is 8.42 Å². The second kappa shape index (κ2) is 6.07. The van der Waals surface area contributed by atoms with Crippen LogP contribution < -0.4 is 10.5 Å². The first-order chi connectivity index (χ1) is 12.4. The van der Waals surface area contributed by atoms with Crippen LogP contribution in [0.3, 0.4) is 0 Å². The molecule has 10 heteroatoms. The van der Waals surface area contributed by atoms with Crippen molar-refractivity contribution in [3.63, 3.8) is 0 Å². The van der Waals surface area contributed by atoms with E-state index in [1.165, 1.54) is 0 Å². The van der Waals surface area contributed by atoms with Crippen LogP contribution >= 0.6 is 0 Å². The molecule has 3 heterocycles. The van der Waals surface area contributed by atoms with Gasteiger partial charge in [0.2, 0.25) is 10.0 Å². The highest BCUT2D eigenvalue weighted by Gasteiger charge is 2.12. The molecular weight excluding hydrogens is 354 g/mol. The lowest BCUT2D eigenvalue weighted by Gasteiger charge is -2.04. The first kappa shape index (κ1) is 16.5. The van der Waals surface area contributed by atoms with Gasteiger partial charge in [-0.15, -0.1) is 0 Å². The van der Waals surface area contributed by atoms with Crippen LogP contribution in [0.25, 0.3) is 33.1 Å². The third kappa shape index (κ3) is 3.11. The van der Waals surface area contributed by atoms with Crippen LogP contribution in [0, 0.1) is 0 Å². The Morgan fingerprint density at radius 2 is 2.12 bits per heavy atom. The molecule has 134 valence electrons. The fourth-order valence-corrected chi connectivity index (χ4v) is 3.33.